The van der Waals surface area contributed by atoms with Gasteiger partial charge in [0.15, 0.2) is 0 Å². The van der Waals surface area contributed by atoms with E-state index in [4.69, 9.17) is 0 Å². The van der Waals surface area contributed by atoms with Crippen LogP contribution in [0.2, 0.25) is 0 Å². The van der Waals surface area contributed by atoms with E-state index in [2.05, 4.69) is 4.98 Å². The van der Waals surface area contributed by atoms with E-state index in [1.54, 1.807) is 34.6 Å². The molecule has 1 N–H and O–H groups in total. The normalized spacial score (nSPS) is 12.1. The molecule has 0 aromatic carbocycles. The quantitative estimate of drug-likeness (QED) is 0.789. The molecule has 1 unspecified atom stereocenters. The average molecular weight is 336 g/mol. The summed E-state index contributed by atoms with van der Waals surface area (Å²) in [6, 6.07) is 7.36. The molecule has 0 radical (unpaired) electrons. The molecule has 2 aromatic rings. The van der Waals surface area contributed by atoms with Crippen LogP contribution >= 0.6 is 23.1 Å². The average Bonchev–Trinajstić information content (AvgIpc) is 3.07. The number of carbonyl (C=O) groups excluding carboxylic acids is 1. The van der Waals surface area contributed by atoms with Gasteiger partial charge in [-0.05, 0) is 36.3 Å². The lowest BCUT2D eigenvalue weighted by molar-refractivity contribution is 0.0562. The second-order valence-corrected chi connectivity index (χ2v) is 6.64. The number of aliphatic hydroxyl groups excluding tert-OH is 1. The fourth-order valence-electron chi connectivity index (χ4n) is 2.26. The number of nitrogens with zero attached hydrogens (tertiary/aromatic N) is 2. The van der Waals surface area contributed by atoms with Gasteiger partial charge >= 0.3 is 0 Å². The van der Waals surface area contributed by atoms with Gasteiger partial charge in [0.1, 0.15) is 5.03 Å². The van der Waals surface area contributed by atoms with Crippen molar-refractivity contribution in [2.45, 2.75) is 31.0 Å². The topological polar surface area (TPSA) is 53.4 Å². The van der Waals surface area contributed by atoms with Crippen molar-refractivity contribution >= 4 is 29.0 Å². The second-order valence-electron chi connectivity index (χ2n) is 4.82. The Morgan fingerprint density at radius 1 is 1.45 bits per heavy atom. The molecule has 0 fully saturated rings. The Bertz CT molecular complexity index is 598. The number of hydrogen-bond donors (Lipinski definition) is 1. The number of pyridine rings is 1. The molecule has 2 aromatic heterocycles. The predicted molar refractivity (Wildman–Crippen MR) is 91.4 cm³/mol. The lowest BCUT2D eigenvalue weighted by Crippen LogP contribution is -2.41. The lowest BCUT2D eigenvalue weighted by Gasteiger charge is -2.30. The number of carbonyl (C=O) groups is 1. The van der Waals surface area contributed by atoms with Gasteiger partial charge in [0, 0.05) is 11.1 Å². The maximum Gasteiger partial charge on any atom is 0.257 e. The number of thioether (sulfide) groups is 1. The Morgan fingerprint density at radius 3 is 2.86 bits per heavy atom. The SMILES string of the molecule is CCC(CO)N(Cc1cccs1)C(=O)c1cccnc1SC. The van der Waals surface area contributed by atoms with Crippen LogP contribution in [0, 0.1) is 0 Å². The highest BCUT2D eigenvalue weighted by Crippen LogP contribution is 2.23. The van der Waals surface area contributed by atoms with Crippen LogP contribution in [0.1, 0.15) is 28.6 Å². The minimum atomic E-state index is -0.190. The molecule has 1 atom stereocenters. The zero-order valence-electron chi connectivity index (χ0n) is 12.7. The first kappa shape index (κ1) is 17.0. The predicted octanol–water partition coefficient (Wildman–Crippen LogP) is 3.28. The van der Waals surface area contributed by atoms with Crippen molar-refractivity contribution in [3.63, 3.8) is 0 Å². The zero-order valence-corrected chi connectivity index (χ0v) is 14.4. The van der Waals surface area contributed by atoms with Gasteiger partial charge in [-0.2, -0.15) is 0 Å². The molecule has 0 bridgehead atoms. The summed E-state index contributed by atoms with van der Waals surface area (Å²) in [4.78, 5) is 20.1. The van der Waals surface area contributed by atoms with Crippen LogP contribution in [0.15, 0.2) is 40.9 Å². The van der Waals surface area contributed by atoms with Crippen molar-refractivity contribution in [1.82, 2.24) is 9.88 Å². The van der Waals surface area contributed by atoms with Crippen LogP contribution in [-0.2, 0) is 6.54 Å². The van der Waals surface area contributed by atoms with Crippen molar-refractivity contribution in [3.8, 4) is 0 Å². The van der Waals surface area contributed by atoms with Crippen molar-refractivity contribution in [1.29, 1.82) is 0 Å². The Balaban J connectivity index is 2.32. The fourth-order valence-corrected chi connectivity index (χ4v) is 3.50. The van der Waals surface area contributed by atoms with Gasteiger partial charge in [0.25, 0.3) is 5.91 Å². The van der Waals surface area contributed by atoms with Crippen molar-refractivity contribution in [2.75, 3.05) is 12.9 Å². The molecular weight excluding hydrogens is 316 g/mol. The van der Waals surface area contributed by atoms with Gasteiger partial charge < -0.3 is 10.0 Å². The molecule has 0 aliphatic rings. The monoisotopic (exact) mass is 336 g/mol. The third-order valence-electron chi connectivity index (χ3n) is 3.48. The highest BCUT2D eigenvalue weighted by atomic mass is 32.2. The number of thiophene rings is 1. The molecule has 2 rings (SSSR count). The Labute approximate surface area is 139 Å². The molecular formula is C16H20N2O2S2. The standard InChI is InChI=1S/C16H20N2O2S2/c1-3-12(11-19)18(10-13-6-5-9-22-13)16(20)14-7-4-8-17-15(14)21-2/h4-9,12,19H,3,10-11H2,1-2H3. The van der Waals surface area contributed by atoms with Crippen LogP contribution in [0.5, 0.6) is 0 Å². The Kier molecular flexibility index (Phi) is 6.42. The highest BCUT2D eigenvalue weighted by molar-refractivity contribution is 7.98. The molecule has 0 spiro atoms. The maximum atomic E-state index is 13.0. The number of aromatic nitrogens is 1. The van der Waals surface area contributed by atoms with Gasteiger partial charge in [0.2, 0.25) is 0 Å². The van der Waals surface area contributed by atoms with E-state index in [-0.39, 0.29) is 18.6 Å². The van der Waals surface area contributed by atoms with Crippen LogP contribution in [0.25, 0.3) is 0 Å². The van der Waals surface area contributed by atoms with Crippen LogP contribution in [-0.4, -0.2) is 39.8 Å². The molecule has 1 amide bonds. The number of hydrogen-bond acceptors (Lipinski definition) is 5. The Hall–Kier alpha value is -1.37. The third-order valence-corrected chi connectivity index (χ3v) is 5.06. The minimum absolute atomic E-state index is 0.0392. The summed E-state index contributed by atoms with van der Waals surface area (Å²) < 4.78 is 0. The molecule has 0 aliphatic heterocycles. The molecule has 118 valence electrons. The molecule has 2 heterocycles. The van der Waals surface area contributed by atoms with Crippen LogP contribution in [0.4, 0.5) is 0 Å². The van der Waals surface area contributed by atoms with E-state index in [9.17, 15) is 9.90 Å². The van der Waals surface area contributed by atoms with E-state index in [0.29, 0.717) is 18.5 Å². The number of aliphatic hydroxyl groups is 1. The minimum Gasteiger partial charge on any atom is -0.394 e. The first-order valence-electron chi connectivity index (χ1n) is 7.14. The van der Waals surface area contributed by atoms with Crippen LogP contribution < -0.4 is 0 Å². The number of amides is 1. The largest absolute Gasteiger partial charge is 0.394 e. The summed E-state index contributed by atoms with van der Waals surface area (Å²) in [7, 11) is 0. The van der Waals surface area contributed by atoms with Crippen LogP contribution in [0.3, 0.4) is 0 Å². The molecule has 0 saturated carbocycles. The summed E-state index contributed by atoms with van der Waals surface area (Å²) in [6.45, 7) is 2.45. The maximum absolute atomic E-state index is 13.0. The van der Waals surface area contributed by atoms with Gasteiger partial charge in [-0.15, -0.1) is 23.1 Å². The third kappa shape index (κ3) is 3.88. The molecule has 4 nitrogen and oxygen atoms in total. The summed E-state index contributed by atoms with van der Waals surface area (Å²) in [5, 5.41) is 12.4. The first-order valence-corrected chi connectivity index (χ1v) is 9.24. The van der Waals surface area contributed by atoms with E-state index in [1.165, 1.54) is 11.8 Å². The van der Waals surface area contributed by atoms with E-state index in [0.717, 1.165) is 9.90 Å². The zero-order chi connectivity index (χ0) is 15.9. The van der Waals surface area contributed by atoms with Crippen molar-refractivity contribution in [2.24, 2.45) is 0 Å². The molecule has 0 saturated heterocycles. The molecule has 22 heavy (non-hydrogen) atoms. The fraction of sp³-hybridized carbons (Fsp3) is 0.375. The lowest BCUT2D eigenvalue weighted by atomic mass is 10.1. The highest BCUT2D eigenvalue weighted by Gasteiger charge is 2.25. The van der Waals surface area contributed by atoms with Crippen molar-refractivity contribution < 1.29 is 9.90 Å². The summed E-state index contributed by atoms with van der Waals surface area (Å²) >= 11 is 3.07. The smallest absolute Gasteiger partial charge is 0.257 e. The summed E-state index contributed by atoms with van der Waals surface area (Å²) in [5.74, 6) is -0.0771. The molecule has 0 aliphatic carbocycles. The van der Waals surface area contributed by atoms with Gasteiger partial charge in [-0.1, -0.05) is 13.0 Å². The van der Waals surface area contributed by atoms with E-state index in [1.807, 2.05) is 30.7 Å². The van der Waals surface area contributed by atoms with Gasteiger partial charge in [0.05, 0.1) is 24.8 Å². The Morgan fingerprint density at radius 2 is 2.27 bits per heavy atom. The van der Waals surface area contributed by atoms with Gasteiger partial charge in [-0.3, -0.25) is 4.79 Å². The summed E-state index contributed by atoms with van der Waals surface area (Å²) in [5.41, 5.74) is 0.596. The molecule has 6 heteroatoms. The van der Waals surface area contributed by atoms with E-state index < -0.39 is 0 Å². The van der Waals surface area contributed by atoms with Crippen molar-refractivity contribution in [3.05, 3.63) is 46.3 Å². The van der Waals surface area contributed by atoms with Gasteiger partial charge in [-0.25, -0.2) is 4.98 Å². The van der Waals surface area contributed by atoms with E-state index >= 15 is 0 Å². The second kappa shape index (κ2) is 8.31. The summed E-state index contributed by atoms with van der Waals surface area (Å²) in [6.07, 6.45) is 4.31. The first-order chi connectivity index (χ1) is 10.7. The number of rotatable bonds is 7.